The van der Waals surface area contributed by atoms with Gasteiger partial charge in [-0.1, -0.05) is 26.2 Å². The van der Waals surface area contributed by atoms with E-state index in [0.29, 0.717) is 0 Å². The molecule has 0 aromatic carbocycles. The van der Waals surface area contributed by atoms with Crippen LogP contribution in [-0.4, -0.2) is 23.3 Å². The molecule has 18 heavy (non-hydrogen) atoms. The lowest BCUT2D eigenvalue weighted by molar-refractivity contribution is 0.324. The van der Waals surface area contributed by atoms with Crippen molar-refractivity contribution in [2.45, 2.75) is 58.3 Å². The van der Waals surface area contributed by atoms with Crippen molar-refractivity contribution in [3.8, 4) is 0 Å². The van der Waals surface area contributed by atoms with E-state index >= 15 is 0 Å². The Balaban J connectivity index is 1.71. The fraction of sp³-hybridized carbons (Fsp3) is 0.857. The molecule has 2 rings (SSSR count). The topological polar surface area (TPSA) is 51.0 Å². The molecule has 0 radical (unpaired) electrons. The molecule has 0 bridgehead atoms. The zero-order valence-corrected chi connectivity index (χ0v) is 11.5. The Bertz CT molecular complexity index is 332. The summed E-state index contributed by atoms with van der Waals surface area (Å²) in [5.74, 6) is 2.39. The lowest BCUT2D eigenvalue weighted by Crippen LogP contribution is -2.17. The van der Waals surface area contributed by atoms with Crippen LogP contribution in [0.5, 0.6) is 0 Å². The second kappa shape index (κ2) is 7.52. The maximum absolute atomic E-state index is 5.70. The molecule has 1 aromatic heterocycles. The van der Waals surface area contributed by atoms with Crippen LogP contribution >= 0.6 is 0 Å². The first-order valence-electron chi connectivity index (χ1n) is 7.40. The smallest absolute Gasteiger partial charge is 0.217 e. The minimum Gasteiger partial charge on any atom is -0.425 e. The summed E-state index contributed by atoms with van der Waals surface area (Å²) in [6, 6.07) is 0. The number of hydrogen-bond acceptors (Lipinski definition) is 4. The number of hydrogen-bond donors (Lipinski definition) is 1. The summed E-state index contributed by atoms with van der Waals surface area (Å²) in [7, 11) is 0. The highest BCUT2D eigenvalue weighted by Gasteiger charge is 2.17. The van der Waals surface area contributed by atoms with Crippen molar-refractivity contribution in [3.05, 3.63) is 11.8 Å². The Hall–Kier alpha value is -0.900. The predicted molar refractivity (Wildman–Crippen MR) is 71.4 cm³/mol. The third-order valence-electron chi connectivity index (χ3n) is 3.64. The first-order valence-corrected chi connectivity index (χ1v) is 7.40. The Labute approximate surface area is 110 Å². The molecule has 1 fully saturated rings. The molecule has 0 amide bonds. The molecule has 0 unspecified atom stereocenters. The van der Waals surface area contributed by atoms with Crippen molar-refractivity contribution in [1.29, 1.82) is 0 Å². The molecule has 1 saturated carbocycles. The van der Waals surface area contributed by atoms with E-state index in [2.05, 4.69) is 22.4 Å². The summed E-state index contributed by atoms with van der Waals surface area (Å²) in [5, 5.41) is 11.6. The van der Waals surface area contributed by atoms with E-state index in [9.17, 15) is 0 Å². The fourth-order valence-corrected chi connectivity index (χ4v) is 2.61. The fourth-order valence-electron chi connectivity index (χ4n) is 2.61. The van der Waals surface area contributed by atoms with E-state index in [1.165, 1.54) is 32.1 Å². The van der Waals surface area contributed by atoms with Crippen LogP contribution in [0.1, 0.15) is 57.2 Å². The van der Waals surface area contributed by atoms with Crippen LogP contribution in [0.3, 0.4) is 0 Å². The lowest BCUT2D eigenvalue weighted by Gasteiger charge is -2.19. The van der Waals surface area contributed by atoms with E-state index in [4.69, 9.17) is 4.42 Å². The average Bonchev–Trinajstić information content (AvgIpc) is 2.84. The summed E-state index contributed by atoms with van der Waals surface area (Å²) < 4.78 is 5.70. The normalized spacial score (nSPS) is 17.2. The Morgan fingerprint density at radius 2 is 1.89 bits per heavy atom. The molecule has 4 nitrogen and oxygen atoms in total. The summed E-state index contributed by atoms with van der Waals surface area (Å²) in [6.45, 7) is 4.16. The van der Waals surface area contributed by atoms with Gasteiger partial charge in [-0.3, -0.25) is 0 Å². The highest BCUT2D eigenvalue weighted by molar-refractivity contribution is 4.85. The van der Waals surface area contributed by atoms with E-state index in [0.717, 1.165) is 50.1 Å². The SMILES string of the molecule is CCCNCCc1nnc(CC2CCCCC2)o1. The van der Waals surface area contributed by atoms with Crippen LogP contribution < -0.4 is 5.32 Å². The van der Waals surface area contributed by atoms with Crippen LogP contribution in [0.2, 0.25) is 0 Å². The van der Waals surface area contributed by atoms with E-state index in [1.54, 1.807) is 0 Å². The monoisotopic (exact) mass is 251 g/mol. The van der Waals surface area contributed by atoms with E-state index in [-0.39, 0.29) is 0 Å². The number of nitrogens with one attached hydrogen (secondary N) is 1. The molecule has 1 heterocycles. The molecule has 1 aliphatic rings. The molecule has 4 heteroatoms. The molecule has 0 aliphatic heterocycles. The number of nitrogens with zero attached hydrogens (tertiary/aromatic N) is 2. The molecule has 0 spiro atoms. The standard InChI is InChI=1S/C14H25N3O/c1-2-9-15-10-8-13-16-17-14(18-13)11-12-6-4-3-5-7-12/h12,15H,2-11H2,1H3. The minimum atomic E-state index is 0.769. The van der Waals surface area contributed by atoms with Gasteiger partial charge in [-0.25, -0.2) is 0 Å². The molecule has 1 N–H and O–H groups in total. The van der Waals surface area contributed by atoms with Gasteiger partial charge in [-0.05, 0) is 31.7 Å². The Kier molecular flexibility index (Phi) is 5.65. The minimum absolute atomic E-state index is 0.769. The van der Waals surface area contributed by atoms with Crippen LogP contribution in [0.4, 0.5) is 0 Å². The Morgan fingerprint density at radius 3 is 2.67 bits per heavy atom. The third kappa shape index (κ3) is 4.41. The summed E-state index contributed by atoms with van der Waals surface area (Å²) >= 11 is 0. The molecular formula is C14H25N3O. The van der Waals surface area contributed by atoms with Crippen LogP contribution in [-0.2, 0) is 12.8 Å². The van der Waals surface area contributed by atoms with Crippen LogP contribution in [0.25, 0.3) is 0 Å². The van der Waals surface area contributed by atoms with Crippen molar-refractivity contribution in [1.82, 2.24) is 15.5 Å². The molecule has 1 aromatic rings. The van der Waals surface area contributed by atoms with Gasteiger partial charge in [-0.2, -0.15) is 0 Å². The molecular weight excluding hydrogens is 226 g/mol. The lowest BCUT2D eigenvalue weighted by atomic mass is 9.87. The molecule has 1 aliphatic carbocycles. The second-order valence-electron chi connectivity index (χ2n) is 5.30. The first kappa shape index (κ1) is 13.5. The van der Waals surface area contributed by atoms with Gasteiger partial charge in [-0.15, -0.1) is 10.2 Å². The zero-order chi connectivity index (χ0) is 12.6. The summed E-state index contributed by atoms with van der Waals surface area (Å²) in [4.78, 5) is 0. The average molecular weight is 251 g/mol. The van der Waals surface area contributed by atoms with Gasteiger partial charge in [0.05, 0.1) is 0 Å². The highest BCUT2D eigenvalue weighted by atomic mass is 16.4. The zero-order valence-electron chi connectivity index (χ0n) is 11.5. The van der Waals surface area contributed by atoms with Gasteiger partial charge in [0, 0.05) is 19.4 Å². The van der Waals surface area contributed by atoms with Crippen molar-refractivity contribution >= 4 is 0 Å². The second-order valence-corrected chi connectivity index (χ2v) is 5.30. The Morgan fingerprint density at radius 1 is 1.11 bits per heavy atom. The van der Waals surface area contributed by atoms with Crippen molar-refractivity contribution in [2.75, 3.05) is 13.1 Å². The largest absolute Gasteiger partial charge is 0.425 e. The van der Waals surface area contributed by atoms with Gasteiger partial charge >= 0.3 is 0 Å². The van der Waals surface area contributed by atoms with Crippen LogP contribution in [0, 0.1) is 5.92 Å². The van der Waals surface area contributed by atoms with Gasteiger partial charge in [0.15, 0.2) is 0 Å². The van der Waals surface area contributed by atoms with Gasteiger partial charge < -0.3 is 9.73 Å². The van der Waals surface area contributed by atoms with Gasteiger partial charge in [0.1, 0.15) is 0 Å². The number of aromatic nitrogens is 2. The maximum Gasteiger partial charge on any atom is 0.217 e. The van der Waals surface area contributed by atoms with Gasteiger partial charge in [0.2, 0.25) is 11.8 Å². The highest BCUT2D eigenvalue weighted by Crippen LogP contribution is 2.26. The van der Waals surface area contributed by atoms with Crippen molar-refractivity contribution < 1.29 is 4.42 Å². The maximum atomic E-state index is 5.70. The predicted octanol–water partition coefficient (Wildman–Crippen LogP) is 2.73. The number of rotatable bonds is 7. The van der Waals surface area contributed by atoms with Crippen molar-refractivity contribution in [2.24, 2.45) is 5.92 Å². The van der Waals surface area contributed by atoms with E-state index < -0.39 is 0 Å². The van der Waals surface area contributed by atoms with Crippen LogP contribution in [0.15, 0.2) is 4.42 Å². The summed E-state index contributed by atoms with van der Waals surface area (Å²) in [6.07, 6.45) is 9.78. The first-order chi connectivity index (χ1) is 8.88. The quantitative estimate of drug-likeness (QED) is 0.757. The van der Waals surface area contributed by atoms with Crippen molar-refractivity contribution in [3.63, 3.8) is 0 Å². The van der Waals surface area contributed by atoms with Gasteiger partial charge in [0.25, 0.3) is 0 Å². The molecule has 102 valence electrons. The van der Waals surface area contributed by atoms with E-state index in [1.807, 2.05) is 0 Å². The summed E-state index contributed by atoms with van der Waals surface area (Å²) in [5.41, 5.74) is 0. The third-order valence-corrected chi connectivity index (χ3v) is 3.64. The molecule has 0 atom stereocenters. The molecule has 0 saturated heterocycles.